The SMILES string of the molecule is CCNCCC=Cc1ccc2ccccc2c1. The van der Waals surface area contributed by atoms with Crippen LogP contribution < -0.4 is 5.32 Å². The zero-order chi connectivity index (χ0) is 11.9. The zero-order valence-corrected chi connectivity index (χ0v) is 10.3. The van der Waals surface area contributed by atoms with Crippen molar-refractivity contribution >= 4 is 16.8 Å². The molecule has 2 rings (SSSR count). The summed E-state index contributed by atoms with van der Waals surface area (Å²) >= 11 is 0. The molecule has 0 fully saturated rings. The molecular weight excluding hydrogens is 206 g/mol. The lowest BCUT2D eigenvalue weighted by Crippen LogP contribution is -2.12. The van der Waals surface area contributed by atoms with Gasteiger partial charge in [0.2, 0.25) is 0 Å². The Morgan fingerprint density at radius 3 is 2.71 bits per heavy atom. The predicted molar refractivity (Wildman–Crippen MR) is 76.1 cm³/mol. The lowest BCUT2D eigenvalue weighted by atomic mass is 10.1. The molecule has 88 valence electrons. The summed E-state index contributed by atoms with van der Waals surface area (Å²) in [5.41, 5.74) is 1.28. The molecule has 1 N–H and O–H groups in total. The number of fused-ring (bicyclic) bond motifs is 1. The van der Waals surface area contributed by atoms with Gasteiger partial charge in [0.05, 0.1) is 0 Å². The molecule has 0 bridgehead atoms. The molecule has 0 aromatic heterocycles. The summed E-state index contributed by atoms with van der Waals surface area (Å²) in [6.07, 6.45) is 5.51. The smallest absolute Gasteiger partial charge is 0.00143 e. The van der Waals surface area contributed by atoms with Crippen LogP contribution in [0.1, 0.15) is 18.9 Å². The predicted octanol–water partition coefficient (Wildman–Crippen LogP) is 3.85. The van der Waals surface area contributed by atoms with Crippen LogP contribution in [0.2, 0.25) is 0 Å². The standard InChI is InChI=1S/C16H19N/c1-2-17-12-6-5-7-14-10-11-15-8-3-4-9-16(15)13-14/h3-5,7-11,13,17H,2,6,12H2,1H3. The average Bonchev–Trinajstić information content (AvgIpc) is 2.38. The van der Waals surface area contributed by atoms with E-state index in [4.69, 9.17) is 0 Å². The molecule has 0 saturated carbocycles. The first-order valence-corrected chi connectivity index (χ1v) is 6.26. The van der Waals surface area contributed by atoms with Gasteiger partial charge in [-0.3, -0.25) is 0 Å². The first-order valence-electron chi connectivity index (χ1n) is 6.26. The Morgan fingerprint density at radius 2 is 1.88 bits per heavy atom. The molecular formula is C16H19N. The Balaban J connectivity index is 2.04. The van der Waals surface area contributed by atoms with E-state index < -0.39 is 0 Å². The molecule has 0 aliphatic carbocycles. The summed E-state index contributed by atoms with van der Waals surface area (Å²) < 4.78 is 0. The Kier molecular flexibility index (Phi) is 4.34. The molecule has 1 nitrogen and oxygen atoms in total. The van der Waals surface area contributed by atoms with Gasteiger partial charge in [0.1, 0.15) is 0 Å². The highest BCUT2D eigenvalue weighted by Gasteiger charge is 1.92. The molecule has 0 radical (unpaired) electrons. The van der Waals surface area contributed by atoms with Crippen molar-refractivity contribution in [3.05, 3.63) is 54.1 Å². The van der Waals surface area contributed by atoms with Crippen molar-refractivity contribution in [1.82, 2.24) is 5.32 Å². The van der Waals surface area contributed by atoms with Crippen molar-refractivity contribution in [3.63, 3.8) is 0 Å². The second-order valence-corrected chi connectivity index (χ2v) is 4.15. The van der Waals surface area contributed by atoms with E-state index in [-0.39, 0.29) is 0 Å². The first kappa shape index (κ1) is 11.9. The van der Waals surface area contributed by atoms with Crippen LogP contribution in [0, 0.1) is 0 Å². The molecule has 17 heavy (non-hydrogen) atoms. The van der Waals surface area contributed by atoms with Gasteiger partial charge in [-0.05, 0) is 41.9 Å². The molecule has 0 amide bonds. The maximum atomic E-state index is 3.31. The molecule has 2 aromatic carbocycles. The van der Waals surface area contributed by atoms with Gasteiger partial charge in [-0.2, -0.15) is 0 Å². The minimum absolute atomic E-state index is 1.05. The van der Waals surface area contributed by atoms with Gasteiger partial charge in [0.15, 0.2) is 0 Å². The Morgan fingerprint density at radius 1 is 1.06 bits per heavy atom. The van der Waals surface area contributed by atoms with Gasteiger partial charge in [0.25, 0.3) is 0 Å². The van der Waals surface area contributed by atoms with E-state index in [1.54, 1.807) is 0 Å². The fourth-order valence-electron chi connectivity index (χ4n) is 1.89. The van der Waals surface area contributed by atoms with E-state index in [1.807, 2.05) is 0 Å². The Bertz CT molecular complexity index is 500. The summed E-state index contributed by atoms with van der Waals surface area (Å²) in [4.78, 5) is 0. The highest BCUT2D eigenvalue weighted by molar-refractivity contribution is 5.84. The summed E-state index contributed by atoms with van der Waals surface area (Å²) in [7, 11) is 0. The molecule has 1 heteroatoms. The van der Waals surface area contributed by atoms with Gasteiger partial charge in [0, 0.05) is 0 Å². The number of hydrogen-bond donors (Lipinski definition) is 1. The summed E-state index contributed by atoms with van der Waals surface area (Å²) in [6, 6.07) is 15.1. The molecule has 0 spiro atoms. The molecule has 0 unspecified atom stereocenters. The molecule has 0 saturated heterocycles. The Labute approximate surface area is 103 Å². The van der Waals surface area contributed by atoms with Gasteiger partial charge < -0.3 is 5.32 Å². The third-order valence-electron chi connectivity index (χ3n) is 2.82. The quantitative estimate of drug-likeness (QED) is 0.762. The molecule has 0 heterocycles. The van der Waals surface area contributed by atoms with Crippen LogP contribution in [-0.2, 0) is 0 Å². The first-order chi connectivity index (χ1) is 8.40. The number of hydrogen-bond acceptors (Lipinski definition) is 1. The highest BCUT2D eigenvalue weighted by Crippen LogP contribution is 2.16. The van der Waals surface area contributed by atoms with Crippen LogP contribution in [0.5, 0.6) is 0 Å². The third-order valence-corrected chi connectivity index (χ3v) is 2.82. The minimum atomic E-state index is 1.05. The highest BCUT2D eigenvalue weighted by atomic mass is 14.8. The Hall–Kier alpha value is -1.60. The largest absolute Gasteiger partial charge is 0.317 e. The summed E-state index contributed by atoms with van der Waals surface area (Å²) in [5.74, 6) is 0. The molecule has 0 aliphatic rings. The van der Waals surface area contributed by atoms with Gasteiger partial charge >= 0.3 is 0 Å². The molecule has 2 aromatic rings. The topological polar surface area (TPSA) is 12.0 Å². The van der Waals surface area contributed by atoms with Crippen molar-refractivity contribution in [2.75, 3.05) is 13.1 Å². The maximum absolute atomic E-state index is 3.31. The summed E-state index contributed by atoms with van der Waals surface area (Å²) in [5, 5.41) is 5.92. The van der Waals surface area contributed by atoms with Crippen LogP contribution in [0.4, 0.5) is 0 Å². The van der Waals surface area contributed by atoms with E-state index in [0.29, 0.717) is 0 Å². The number of benzene rings is 2. The fourth-order valence-corrected chi connectivity index (χ4v) is 1.89. The number of nitrogens with one attached hydrogen (secondary N) is 1. The second kappa shape index (κ2) is 6.21. The van der Waals surface area contributed by atoms with Crippen LogP contribution in [0.3, 0.4) is 0 Å². The van der Waals surface area contributed by atoms with Crippen molar-refractivity contribution < 1.29 is 0 Å². The van der Waals surface area contributed by atoms with Crippen LogP contribution in [0.25, 0.3) is 16.8 Å². The zero-order valence-electron chi connectivity index (χ0n) is 10.3. The van der Waals surface area contributed by atoms with Crippen molar-refractivity contribution in [2.45, 2.75) is 13.3 Å². The lowest BCUT2D eigenvalue weighted by Gasteiger charge is -1.99. The molecule has 0 aliphatic heterocycles. The minimum Gasteiger partial charge on any atom is -0.317 e. The lowest BCUT2D eigenvalue weighted by molar-refractivity contribution is 0.727. The maximum Gasteiger partial charge on any atom is -0.00143 e. The van der Waals surface area contributed by atoms with E-state index >= 15 is 0 Å². The monoisotopic (exact) mass is 225 g/mol. The third kappa shape index (κ3) is 3.43. The van der Waals surface area contributed by atoms with E-state index in [0.717, 1.165) is 19.5 Å². The van der Waals surface area contributed by atoms with Gasteiger partial charge in [-0.15, -0.1) is 0 Å². The van der Waals surface area contributed by atoms with Crippen LogP contribution in [-0.4, -0.2) is 13.1 Å². The van der Waals surface area contributed by atoms with E-state index in [2.05, 4.69) is 66.9 Å². The summed E-state index contributed by atoms with van der Waals surface area (Å²) in [6.45, 7) is 4.23. The fraction of sp³-hybridized carbons (Fsp3) is 0.250. The van der Waals surface area contributed by atoms with Gasteiger partial charge in [-0.25, -0.2) is 0 Å². The van der Waals surface area contributed by atoms with E-state index in [1.165, 1.54) is 16.3 Å². The molecule has 0 atom stereocenters. The van der Waals surface area contributed by atoms with Crippen molar-refractivity contribution in [1.29, 1.82) is 0 Å². The average molecular weight is 225 g/mol. The normalized spacial score (nSPS) is 11.4. The second-order valence-electron chi connectivity index (χ2n) is 4.15. The van der Waals surface area contributed by atoms with E-state index in [9.17, 15) is 0 Å². The van der Waals surface area contributed by atoms with Crippen molar-refractivity contribution in [3.8, 4) is 0 Å². The number of rotatable bonds is 5. The van der Waals surface area contributed by atoms with Crippen LogP contribution in [0.15, 0.2) is 48.5 Å². The van der Waals surface area contributed by atoms with Gasteiger partial charge in [-0.1, -0.05) is 55.5 Å². The van der Waals surface area contributed by atoms with Crippen LogP contribution >= 0.6 is 0 Å². The van der Waals surface area contributed by atoms with Crippen molar-refractivity contribution in [2.24, 2.45) is 0 Å².